The van der Waals surface area contributed by atoms with Gasteiger partial charge in [0.05, 0.1) is 6.54 Å². The fraction of sp³-hybridized carbons (Fsp3) is 0.444. The molecule has 0 saturated carbocycles. The molecule has 0 aliphatic rings. The Balaban J connectivity index is 1.45. The third-order valence-corrected chi connectivity index (χ3v) is 6.15. The zero-order valence-electron chi connectivity index (χ0n) is 20.4. The zero-order valence-corrected chi connectivity index (χ0v) is 20.4. The number of aromatic nitrogens is 7. The first-order valence-electron chi connectivity index (χ1n) is 12.6. The standard InChI is InChI=1S/C27H35N7/c1-3-5-7-13-25-28-26(14-8-6-4-2)34(31-25)20-22-17-15-21(16-18-22)19-23-11-9-10-12-24(23)27-29-32-33-30-27/h9-12,15-18H,3-8,13-14,19-20H2,1-2H3,(H,29,30,32,33). The Bertz CT molecular complexity index is 1130. The van der Waals surface area contributed by atoms with Gasteiger partial charge in [-0.2, -0.15) is 10.3 Å². The summed E-state index contributed by atoms with van der Waals surface area (Å²) in [6, 6.07) is 17.0. The lowest BCUT2D eigenvalue weighted by Crippen LogP contribution is -2.07. The highest BCUT2D eigenvalue weighted by molar-refractivity contribution is 5.60. The van der Waals surface area contributed by atoms with Crippen LogP contribution in [0.1, 0.15) is 80.7 Å². The Morgan fingerprint density at radius 2 is 1.56 bits per heavy atom. The van der Waals surface area contributed by atoms with Gasteiger partial charge in [0.15, 0.2) is 5.82 Å². The second-order valence-corrected chi connectivity index (χ2v) is 8.90. The minimum Gasteiger partial charge on any atom is -0.245 e. The molecule has 0 spiro atoms. The van der Waals surface area contributed by atoms with E-state index >= 15 is 0 Å². The molecular formula is C27H35N7. The molecule has 0 amide bonds. The maximum absolute atomic E-state index is 4.89. The minimum absolute atomic E-state index is 0.628. The van der Waals surface area contributed by atoms with E-state index in [2.05, 4.69) is 75.6 Å². The summed E-state index contributed by atoms with van der Waals surface area (Å²) >= 11 is 0. The number of aromatic amines is 1. The van der Waals surface area contributed by atoms with Crippen LogP contribution in [0.2, 0.25) is 0 Å². The average molecular weight is 458 g/mol. The highest BCUT2D eigenvalue weighted by Gasteiger charge is 2.12. The molecule has 0 unspecified atom stereocenters. The summed E-state index contributed by atoms with van der Waals surface area (Å²) in [5, 5.41) is 19.4. The molecule has 0 bridgehead atoms. The van der Waals surface area contributed by atoms with Crippen molar-refractivity contribution >= 4 is 0 Å². The quantitative estimate of drug-likeness (QED) is 0.266. The van der Waals surface area contributed by atoms with Crippen LogP contribution in [-0.4, -0.2) is 35.4 Å². The lowest BCUT2D eigenvalue weighted by atomic mass is 9.98. The zero-order chi connectivity index (χ0) is 23.6. The fourth-order valence-electron chi connectivity index (χ4n) is 4.23. The van der Waals surface area contributed by atoms with Crippen LogP contribution in [0.3, 0.4) is 0 Å². The average Bonchev–Trinajstić information content (AvgIpc) is 3.52. The first kappa shape index (κ1) is 23.8. The van der Waals surface area contributed by atoms with Gasteiger partial charge in [0, 0.05) is 18.4 Å². The molecule has 7 nitrogen and oxygen atoms in total. The van der Waals surface area contributed by atoms with Crippen LogP contribution in [0.4, 0.5) is 0 Å². The third kappa shape index (κ3) is 6.37. The van der Waals surface area contributed by atoms with E-state index in [0.29, 0.717) is 5.82 Å². The van der Waals surface area contributed by atoms with Crippen LogP contribution in [0.15, 0.2) is 48.5 Å². The van der Waals surface area contributed by atoms with Crippen molar-refractivity contribution in [2.24, 2.45) is 0 Å². The van der Waals surface area contributed by atoms with Gasteiger partial charge in [0.25, 0.3) is 0 Å². The molecule has 4 rings (SSSR count). The summed E-state index contributed by atoms with van der Waals surface area (Å²) in [4.78, 5) is 4.89. The van der Waals surface area contributed by atoms with Gasteiger partial charge in [0.1, 0.15) is 5.82 Å². The van der Waals surface area contributed by atoms with Crippen LogP contribution >= 0.6 is 0 Å². The number of tetrazole rings is 1. The number of hydrogen-bond donors (Lipinski definition) is 1. The topological polar surface area (TPSA) is 85.2 Å². The molecule has 178 valence electrons. The second-order valence-electron chi connectivity index (χ2n) is 8.90. The van der Waals surface area contributed by atoms with Crippen LogP contribution in [-0.2, 0) is 25.8 Å². The third-order valence-electron chi connectivity index (χ3n) is 6.15. The van der Waals surface area contributed by atoms with E-state index in [1.54, 1.807) is 0 Å². The van der Waals surface area contributed by atoms with Crippen molar-refractivity contribution in [3.05, 3.63) is 76.9 Å². The van der Waals surface area contributed by atoms with E-state index in [1.165, 1.54) is 48.8 Å². The summed E-state index contributed by atoms with van der Waals surface area (Å²) in [6.07, 6.45) is 10.0. The maximum atomic E-state index is 4.89. The molecule has 0 aliphatic heterocycles. The molecule has 7 heteroatoms. The van der Waals surface area contributed by atoms with E-state index in [4.69, 9.17) is 10.1 Å². The van der Waals surface area contributed by atoms with E-state index in [0.717, 1.165) is 49.4 Å². The number of nitrogens with one attached hydrogen (secondary N) is 1. The van der Waals surface area contributed by atoms with Crippen LogP contribution in [0.5, 0.6) is 0 Å². The van der Waals surface area contributed by atoms with Gasteiger partial charge < -0.3 is 0 Å². The Kier molecular flexibility index (Phi) is 8.54. The summed E-state index contributed by atoms with van der Waals surface area (Å²) < 4.78 is 2.12. The number of H-pyrrole nitrogens is 1. The first-order chi connectivity index (χ1) is 16.8. The lowest BCUT2D eigenvalue weighted by molar-refractivity contribution is 0.601. The number of unbranched alkanes of at least 4 members (excludes halogenated alkanes) is 4. The predicted molar refractivity (Wildman–Crippen MR) is 134 cm³/mol. The highest BCUT2D eigenvalue weighted by atomic mass is 15.5. The molecule has 2 aromatic carbocycles. The second kappa shape index (κ2) is 12.2. The van der Waals surface area contributed by atoms with Crippen molar-refractivity contribution in [1.82, 2.24) is 35.4 Å². The number of benzene rings is 2. The van der Waals surface area contributed by atoms with Gasteiger partial charge in [-0.15, -0.1) is 10.2 Å². The minimum atomic E-state index is 0.628. The molecule has 0 radical (unpaired) electrons. The van der Waals surface area contributed by atoms with Crippen molar-refractivity contribution in [2.45, 2.75) is 78.2 Å². The SMILES string of the molecule is CCCCCc1nc(CCCCC)n(Cc2ccc(Cc3ccccc3-c3nn[nH]n3)cc2)n1. The van der Waals surface area contributed by atoms with E-state index < -0.39 is 0 Å². The number of hydrogen-bond acceptors (Lipinski definition) is 5. The van der Waals surface area contributed by atoms with Crippen molar-refractivity contribution in [1.29, 1.82) is 0 Å². The van der Waals surface area contributed by atoms with Gasteiger partial charge in [-0.25, -0.2) is 9.67 Å². The predicted octanol–water partition coefficient (Wildman–Crippen LogP) is 5.56. The molecule has 34 heavy (non-hydrogen) atoms. The Morgan fingerprint density at radius 1 is 0.824 bits per heavy atom. The Hall–Kier alpha value is -3.35. The normalized spacial score (nSPS) is 11.2. The monoisotopic (exact) mass is 457 g/mol. The summed E-state index contributed by atoms with van der Waals surface area (Å²) in [6.45, 7) is 5.24. The first-order valence-corrected chi connectivity index (χ1v) is 12.6. The highest BCUT2D eigenvalue weighted by Crippen LogP contribution is 2.22. The van der Waals surface area contributed by atoms with E-state index in [1.807, 2.05) is 12.1 Å². The smallest absolute Gasteiger partial charge is 0.204 e. The van der Waals surface area contributed by atoms with Crippen LogP contribution < -0.4 is 0 Å². The number of nitrogens with zero attached hydrogens (tertiary/aromatic N) is 6. The van der Waals surface area contributed by atoms with Gasteiger partial charge in [-0.1, -0.05) is 88.1 Å². The molecule has 4 aromatic rings. The van der Waals surface area contributed by atoms with Gasteiger partial charge >= 0.3 is 0 Å². The maximum Gasteiger partial charge on any atom is 0.204 e. The van der Waals surface area contributed by atoms with E-state index in [-0.39, 0.29) is 0 Å². The molecule has 2 aromatic heterocycles. The van der Waals surface area contributed by atoms with Crippen molar-refractivity contribution in [3.8, 4) is 11.4 Å². The van der Waals surface area contributed by atoms with E-state index in [9.17, 15) is 0 Å². The molecular weight excluding hydrogens is 422 g/mol. The molecule has 2 heterocycles. The van der Waals surface area contributed by atoms with Crippen LogP contribution in [0.25, 0.3) is 11.4 Å². The Labute approximate surface area is 202 Å². The van der Waals surface area contributed by atoms with Crippen LogP contribution in [0, 0.1) is 0 Å². The van der Waals surface area contributed by atoms with Crippen molar-refractivity contribution < 1.29 is 0 Å². The molecule has 0 fully saturated rings. The summed E-state index contributed by atoms with van der Waals surface area (Å²) in [5.74, 6) is 2.75. The van der Waals surface area contributed by atoms with Crippen molar-refractivity contribution in [2.75, 3.05) is 0 Å². The fourth-order valence-corrected chi connectivity index (χ4v) is 4.23. The largest absolute Gasteiger partial charge is 0.245 e. The molecule has 0 aliphatic carbocycles. The van der Waals surface area contributed by atoms with Gasteiger partial charge in [-0.3, -0.25) is 0 Å². The van der Waals surface area contributed by atoms with Gasteiger partial charge in [-0.05, 0) is 41.2 Å². The summed E-state index contributed by atoms with van der Waals surface area (Å²) in [7, 11) is 0. The number of rotatable bonds is 13. The molecule has 0 atom stereocenters. The number of aryl methyl sites for hydroxylation is 2. The molecule has 0 saturated heterocycles. The molecule has 1 N–H and O–H groups in total. The Morgan fingerprint density at radius 3 is 2.29 bits per heavy atom. The van der Waals surface area contributed by atoms with Crippen molar-refractivity contribution in [3.63, 3.8) is 0 Å². The summed E-state index contributed by atoms with van der Waals surface area (Å²) in [5.41, 5.74) is 4.69. The van der Waals surface area contributed by atoms with Gasteiger partial charge in [0.2, 0.25) is 5.82 Å². The lowest BCUT2D eigenvalue weighted by Gasteiger charge is -2.09.